The van der Waals surface area contributed by atoms with Crippen molar-refractivity contribution in [3.8, 4) is 5.75 Å². The average Bonchev–Trinajstić information content (AvgIpc) is 2.37. The highest BCUT2D eigenvalue weighted by atomic mass is 16.6. The summed E-state index contributed by atoms with van der Waals surface area (Å²) in [6.45, 7) is 0.712. The van der Waals surface area contributed by atoms with Crippen molar-refractivity contribution in [2.75, 3.05) is 26.9 Å². The van der Waals surface area contributed by atoms with Gasteiger partial charge >= 0.3 is 0 Å². The molecule has 0 spiro atoms. The maximum atomic E-state index is 11.3. The molecule has 1 rings (SSSR count). The summed E-state index contributed by atoms with van der Waals surface area (Å²) in [5, 5.41) is 13.0. The summed E-state index contributed by atoms with van der Waals surface area (Å²) < 4.78 is 9.93. The summed E-state index contributed by atoms with van der Waals surface area (Å²) in [4.78, 5) is 21.2. The summed E-state index contributed by atoms with van der Waals surface area (Å²) in [5.74, 6) is 0.132. The van der Waals surface area contributed by atoms with Gasteiger partial charge in [0.25, 0.3) is 11.6 Å². The van der Waals surface area contributed by atoms with E-state index in [1.165, 1.54) is 24.3 Å². The number of ether oxygens (including phenoxy) is 2. The predicted molar refractivity (Wildman–Crippen MR) is 63.5 cm³/mol. The van der Waals surface area contributed by atoms with Crippen molar-refractivity contribution in [3.63, 3.8) is 0 Å². The van der Waals surface area contributed by atoms with Gasteiger partial charge in [0, 0.05) is 25.8 Å². The largest absolute Gasteiger partial charge is 0.484 e. The third-order valence-electron chi connectivity index (χ3n) is 2.05. The number of methoxy groups -OCH3 is 1. The fourth-order valence-electron chi connectivity index (χ4n) is 1.16. The van der Waals surface area contributed by atoms with Crippen LogP contribution in [0, 0.1) is 10.1 Å². The Morgan fingerprint density at radius 1 is 1.39 bits per heavy atom. The first kappa shape index (κ1) is 13.9. The van der Waals surface area contributed by atoms with Gasteiger partial charge in [0.05, 0.1) is 11.5 Å². The minimum atomic E-state index is -0.499. The van der Waals surface area contributed by atoms with Crippen LogP contribution in [-0.4, -0.2) is 37.7 Å². The molecule has 0 aromatic heterocycles. The maximum Gasteiger partial charge on any atom is 0.269 e. The Labute approximate surface area is 104 Å². The molecule has 0 saturated heterocycles. The van der Waals surface area contributed by atoms with E-state index >= 15 is 0 Å². The highest BCUT2D eigenvalue weighted by molar-refractivity contribution is 5.77. The number of non-ortho nitro benzene ring substituents is 1. The molecule has 7 nitrogen and oxygen atoms in total. The zero-order chi connectivity index (χ0) is 13.4. The number of nitrogens with zero attached hydrogens (tertiary/aromatic N) is 1. The Kier molecular flexibility index (Phi) is 5.59. The molecule has 0 bridgehead atoms. The molecule has 1 amide bonds. The minimum Gasteiger partial charge on any atom is -0.484 e. The van der Waals surface area contributed by atoms with Crippen LogP contribution in [-0.2, 0) is 9.53 Å². The lowest BCUT2D eigenvalue weighted by Gasteiger charge is -2.06. The van der Waals surface area contributed by atoms with Crippen molar-refractivity contribution >= 4 is 11.6 Å². The van der Waals surface area contributed by atoms with Crippen molar-refractivity contribution in [1.82, 2.24) is 5.32 Å². The van der Waals surface area contributed by atoms with Gasteiger partial charge in [0.1, 0.15) is 5.75 Å². The molecule has 0 unspecified atom stereocenters. The highest BCUT2D eigenvalue weighted by Crippen LogP contribution is 2.16. The lowest BCUT2D eigenvalue weighted by Crippen LogP contribution is -2.31. The van der Waals surface area contributed by atoms with Gasteiger partial charge in [0.2, 0.25) is 0 Å². The van der Waals surface area contributed by atoms with Gasteiger partial charge < -0.3 is 14.8 Å². The molecule has 98 valence electrons. The van der Waals surface area contributed by atoms with Crippen LogP contribution in [0.5, 0.6) is 5.75 Å². The topological polar surface area (TPSA) is 90.7 Å². The van der Waals surface area contributed by atoms with Crippen molar-refractivity contribution in [2.24, 2.45) is 0 Å². The monoisotopic (exact) mass is 254 g/mol. The fraction of sp³-hybridized carbons (Fsp3) is 0.364. The zero-order valence-electron chi connectivity index (χ0n) is 9.92. The van der Waals surface area contributed by atoms with E-state index in [0.717, 1.165) is 0 Å². The fourth-order valence-corrected chi connectivity index (χ4v) is 1.16. The zero-order valence-corrected chi connectivity index (χ0v) is 9.92. The Morgan fingerprint density at radius 2 is 2.06 bits per heavy atom. The number of hydrogen-bond acceptors (Lipinski definition) is 5. The molecule has 0 aliphatic heterocycles. The Balaban J connectivity index is 2.34. The van der Waals surface area contributed by atoms with Crippen LogP contribution in [0.3, 0.4) is 0 Å². The van der Waals surface area contributed by atoms with E-state index in [0.29, 0.717) is 18.9 Å². The molecule has 1 aromatic rings. The molecule has 7 heteroatoms. The number of nitro benzene ring substituents is 1. The number of nitrogens with one attached hydrogen (secondary N) is 1. The quantitative estimate of drug-likeness (QED) is 0.440. The second kappa shape index (κ2) is 7.23. The molecule has 0 fully saturated rings. The normalized spacial score (nSPS) is 9.83. The minimum absolute atomic E-state index is 0.0214. The second-order valence-electron chi connectivity index (χ2n) is 3.38. The van der Waals surface area contributed by atoms with E-state index in [4.69, 9.17) is 9.47 Å². The van der Waals surface area contributed by atoms with E-state index in [-0.39, 0.29) is 18.2 Å². The molecule has 18 heavy (non-hydrogen) atoms. The first-order chi connectivity index (χ1) is 8.63. The van der Waals surface area contributed by atoms with Gasteiger partial charge in [-0.3, -0.25) is 14.9 Å². The van der Waals surface area contributed by atoms with Crippen LogP contribution < -0.4 is 10.1 Å². The van der Waals surface area contributed by atoms with E-state index in [2.05, 4.69) is 5.32 Å². The maximum absolute atomic E-state index is 11.3. The van der Waals surface area contributed by atoms with E-state index in [9.17, 15) is 14.9 Å². The van der Waals surface area contributed by atoms with Crippen LogP contribution >= 0.6 is 0 Å². The van der Waals surface area contributed by atoms with Crippen LogP contribution in [0.1, 0.15) is 0 Å². The summed E-state index contributed by atoms with van der Waals surface area (Å²) in [6, 6.07) is 5.53. The van der Waals surface area contributed by atoms with Crippen LogP contribution in [0.4, 0.5) is 5.69 Å². The number of carbonyl (C=O) groups excluding carboxylic acids is 1. The van der Waals surface area contributed by atoms with Crippen molar-refractivity contribution < 1.29 is 19.2 Å². The molecule has 1 N–H and O–H groups in total. The number of nitro groups is 1. The molecule has 0 aliphatic rings. The van der Waals surface area contributed by atoms with Gasteiger partial charge in [-0.1, -0.05) is 0 Å². The Morgan fingerprint density at radius 3 is 2.61 bits per heavy atom. The molecule has 0 aliphatic carbocycles. The number of hydrogen-bond donors (Lipinski definition) is 1. The lowest BCUT2D eigenvalue weighted by atomic mass is 10.3. The number of benzene rings is 1. The third kappa shape index (κ3) is 4.79. The molecule has 1 aromatic carbocycles. The number of amides is 1. The van der Waals surface area contributed by atoms with Crippen molar-refractivity contribution in [1.29, 1.82) is 0 Å². The van der Waals surface area contributed by atoms with Gasteiger partial charge in [-0.15, -0.1) is 0 Å². The second-order valence-corrected chi connectivity index (χ2v) is 3.38. The standard InChI is InChI=1S/C11H14N2O5/c1-17-7-6-12-11(14)8-18-10-4-2-9(3-5-10)13(15)16/h2-5H,6-8H2,1H3,(H,12,14). The molecule has 0 radical (unpaired) electrons. The van der Waals surface area contributed by atoms with Crippen molar-refractivity contribution in [3.05, 3.63) is 34.4 Å². The molecular formula is C11H14N2O5. The van der Waals surface area contributed by atoms with Gasteiger partial charge in [0.15, 0.2) is 6.61 Å². The first-order valence-electron chi connectivity index (χ1n) is 5.26. The number of rotatable bonds is 7. The summed E-state index contributed by atoms with van der Waals surface area (Å²) in [7, 11) is 1.54. The van der Waals surface area contributed by atoms with Crippen LogP contribution in [0.15, 0.2) is 24.3 Å². The highest BCUT2D eigenvalue weighted by Gasteiger charge is 2.06. The molecule has 0 saturated carbocycles. The summed E-state index contributed by atoms with van der Waals surface area (Å²) in [5.41, 5.74) is -0.0214. The number of carbonyl (C=O) groups is 1. The molecule has 0 atom stereocenters. The molecular weight excluding hydrogens is 240 g/mol. The molecule has 0 heterocycles. The van der Waals surface area contributed by atoms with Gasteiger partial charge in [-0.25, -0.2) is 0 Å². The van der Waals surface area contributed by atoms with E-state index in [1.807, 2.05) is 0 Å². The lowest BCUT2D eigenvalue weighted by molar-refractivity contribution is -0.384. The van der Waals surface area contributed by atoms with Gasteiger partial charge in [-0.05, 0) is 12.1 Å². The van der Waals surface area contributed by atoms with Gasteiger partial charge in [-0.2, -0.15) is 0 Å². The van der Waals surface area contributed by atoms with E-state index in [1.54, 1.807) is 7.11 Å². The summed E-state index contributed by atoms with van der Waals surface area (Å²) in [6.07, 6.45) is 0. The summed E-state index contributed by atoms with van der Waals surface area (Å²) >= 11 is 0. The predicted octanol–water partition coefficient (Wildman–Crippen LogP) is 0.736. The SMILES string of the molecule is COCCNC(=O)COc1ccc([N+](=O)[O-])cc1. The smallest absolute Gasteiger partial charge is 0.269 e. The van der Waals surface area contributed by atoms with E-state index < -0.39 is 4.92 Å². The van der Waals surface area contributed by atoms with Crippen molar-refractivity contribution in [2.45, 2.75) is 0 Å². The third-order valence-corrected chi connectivity index (χ3v) is 2.05. The Hall–Kier alpha value is -2.15. The average molecular weight is 254 g/mol. The van der Waals surface area contributed by atoms with Crippen LogP contribution in [0.2, 0.25) is 0 Å². The first-order valence-corrected chi connectivity index (χ1v) is 5.26. The van der Waals surface area contributed by atoms with Crippen LogP contribution in [0.25, 0.3) is 0 Å². The Bertz CT molecular complexity index is 404.